The number of nitrogens with zero attached hydrogens (tertiary/aromatic N) is 3. The van der Waals surface area contributed by atoms with Gasteiger partial charge in [0.1, 0.15) is 0 Å². The van der Waals surface area contributed by atoms with E-state index in [2.05, 4.69) is 20.3 Å². The molecule has 7 nitrogen and oxygen atoms in total. The van der Waals surface area contributed by atoms with Crippen LogP contribution < -0.4 is 5.32 Å². The zero-order valence-corrected chi connectivity index (χ0v) is 11.0. The first-order chi connectivity index (χ1) is 9.25. The monoisotopic (exact) mass is 322 g/mol. The van der Waals surface area contributed by atoms with Gasteiger partial charge in [-0.1, -0.05) is 11.6 Å². The molecule has 0 amide bonds. The van der Waals surface area contributed by atoms with Gasteiger partial charge in [-0.3, -0.25) is 4.55 Å². The molecule has 0 fully saturated rings. The molecule has 106 valence electrons. The Bertz CT molecular complexity index is 752. The Kier molecular flexibility index (Phi) is 3.79. The standard InChI is InChI=1S/C9H5ClF2N4O3S/c10-5-3-4(20(17,18)19)1-2-6(5)13-9-15-7(11)14-8(12)16-9/h1-3H,(H,17,18,19)(H,13,14,15,16). The molecule has 1 heterocycles. The Morgan fingerprint density at radius 1 is 1.15 bits per heavy atom. The summed E-state index contributed by atoms with van der Waals surface area (Å²) in [6, 6.07) is 3.16. The molecule has 2 rings (SSSR count). The quantitative estimate of drug-likeness (QED) is 0.830. The summed E-state index contributed by atoms with van der Waals surface area (Å²) in [5.74, 6) is -0.448. The van der Waals surface area contributed by atoms with Crippen molar-refractivity contribution in [3.63, 3.8) is 0 Å². The molecule has 0 aliphatic carbocycles. The third-order valence-electron chi connectivity index (χ3n) is 2.07. The zero-order chi connectivity index (χ0) is 14.9. The fourth-order valence-corrected chi connectivity index (χ4v) is 2.06. The molecule has 0 aliphatic heterocycles. The number of halogens is 3. The first kappa shape index (κ1) is 14.5. The first-order valence-electron chi connectivity index (χ1n) is 4.87. The van der Waals surface area contributed by atoms with Crippen LogP contribution in [0.1, 0.15) is 0 Å². The van der Waals surface area contributed by atoms with Gasteiger partial charge in [-0.05, 0) is 18.2 Å². The van der Waals surface area contributed by atoms with Gasteiger partial charge in [0.05, 0.1) is 15.6 Å². The molecule has 2 aromatic rings. The fraction of sp³-hybridized carbons (Fsp3) is 0. The van der Waals surface area contributed by atoms with Crippen molar-refractivity contribution in [2.45, 2.75) is 4.90 Å². The van der Waals surface area contributed by atoms with E-state index in [9.17, 15) is 17.2 Å². The van der Waals surface area contributed by atoms with Gasteiger partial charge in [0.15, 0.2) is 0 Å². The van der Waals surface area contributed by atoms with Crippen LogP contribution in [0, 0.1) is 12.2 Å². The van der Waals surface area contributed by atoms with Crippen molar-refractivity contribution >= 4 is 33.4 Å². The van der Waals surface area contributed by atoms with Crippen molar-refractivity contribution in [3.8, 4) is 0 Å². The zero-order valence-electron chi connectivity index (χ0n) is 9.38. The fourth-order valence-electron chi connectivity index (χ4n) is 1.26. The third-order valence-corrected chi connectivity index (χ3v) is 3.23. The number of aromatic nitrogens is 3. The minimum Gasteiger partial charge on any atom is -0.323 e. The Hall–Kier alpha value is -1.91. The van der Waals surface area contributed by atoms with Crippen LogP contribution >= 0.6 is 11.6 Å². The molecule has 0 unspecified atom stereocenters. The van der Waals surface area contributed by atoms with Crippen LogP contribution in [-0.2, 0) is 10.1 Å². The largest absolute Gasteiger partial charge is 0.323 e. The first-order valence-corrected chi connectivity index (χ1v) is 6.68. The van der Waals surface area contributed by atoms with Crippen LogP contribution in [0.5, 0.6) is 0 Å². The normalized spacial score (nSPS) is 11.4. The second kappa shape index (κ2) is 5.23. The molecule has 2 N–H and O–H groups in total. The van der Waals surface area contributed by atoms with E-state index in [1.807, 2.05) is 0 Å². The number of nitrogens with one attached hydrogen (secondary N) is 1. The Labute approximate surface area is 116 Å². The Balaban J connectivity index is 2.35. The minimum atomic E-state index is -4.40. The number of anilines is 2. The van der Waals surface area contributed by atoms with Gasteiger partial charge >= 0.3 is 12.2 Å². The van der Waals surface area contributed by atoms with E-state index in [-0.39, 0.29) is 10.7 Å². The van der Waals surface area contributed by atoms with Gasteiger partial charge in [-0.15, -0.1) is 0 Å². The highest BCUT2D eigenvalue weighted by Gasteiger charge is 2.13. The van der Waals surface area contributed by atoms with Crippen LogP contribution in [0.15, 0.2) is 23.1 Å². The second-order valence-electron chi connectivity index (χ2n) is 3.44. The molecule has 1 aromatic carbocycles. The van der Waals surface area contributed by atoms with Crippen molar-refractivity contribution in [3.05, 3.63) is 35.4 Å². The van der Waals surface area contributed by atoms with Crippen LogP contribution in [0.2, 0.25) is 5.02 Å². The highest BCUT2D eigenvalue weighted by molar-refractivity contribution is 7.85. The highest BCUT2D eigenvalue weighted by atomic mass is 35.5. The molecule has 0 saturated carbocycles. The lowest BCUT2D eigenvalue weighted by molar-refractivity contribution is 0.458. The number of rotatable bonds is 3. The molecule has 0 saturated heterocycles. The van der Waals surface area contributed by atoms with Crippen molar-refractivity contribution in [1.82, 2.24) is 15.0 Å². The average molecular weight is 323 g/mol. The Morgan fingerprint density at radius 3 is 2.25 bits per heavy atom. The molecule has 0 aliphatic rings. The predicted molar refractivity (Wildman–Crippen MR) is 64.3 cm³/mol. The number of benzene rings is 1. The molecular weight excluding hydrogens is 318 g/mol. The van der Waals surface area contributed by atoms with E-state index in [1.165, 1.54) is 6.07 Å². The summed E-state index contributed by atoms with van der Waals surface area (Å²) < 4.78 is 56.1. The van der Waals surface area contributed by atoms with Crippen LogP contribution in [-0.4, -0.2) is 27.9 Å². The van der Waals surface area contributed by atoms with E-state index in [1.54, 1.807) is 0 Å². The van der Waals surface area contributed by atoms with E-state index in [4.69, 9.17) is 16.2 Å². The predicted octanol–water partition coefficient (Wildman–Crippen LogP) is 1.79. The van der Waals surface area contributed by atoms with Crippen molar-refractivity contribution in [1.29, 1.82) is 0 Å². The van der Waals surface area contributed by atoms with Gasteiger partial charge in [0.25, 0.3) is 10.1 Å². The lowest BCUT2D eigenvalue weighted by atomic mass is 10.3. The lowest BCUT2D eigenvalue weighted by Gasteiger charge is -2.07. The maximum absolute atomic E-state index is 12.8. The molecule has 20 heavy (non-hydrogen) atoms. The van der Waals surface area contributed by atoms with E-state index < -0.39 is 33.1 Å². The van der Waals surface area contributed by atoms with E-state index >= 15 is 0 Å². The SMILES string of the molecule is O=S(=O)(O)c1ccc(Nc2nc(F)nc(F)n2)c(Cl)c1. The van der Waals surface area contributed by atoms with E-state index in [0.717, 1.165) is 12.1 Å². The van der Waals surface area contributed by atoms with Gasteiger partial charge in [-0.25, -0.2) is 0 Å². The summed E-state index contributed by atoms with van der Waals surface area (Å²) in [5.41, 5.74) is 0.0871. The molecule has 0 radical (unpaired) electrons. The average Bonchev–Trinajstić information content (AvgIpc) is 2.29. The van der Waals surface area contributed by atoms with Crippen LogP contribution in [0.3, 0.4) is 0 Å². The van der Waals surface area contributed by atoms with Crippen LogP contribution in [0.25, 0.3) is 0 Å². The summed E-state index contributed by atoms with van der Waals surface area (Å²) in [5, 5.41) is 2.26. The van der Waals surface area contributed by atoms with Crippen molar-refractivity contribution in [2.75, 3.05) is 5.32 Å². The third kappa shape index (κ3) is 3.35. The number of hydrogen-bond acceptors (Lipinski definition) is 6. The maximum atomic E-state index is 12.8. The highest BCUT2D eigenvalue weighted by Crippen LogP contribution is 2.26. The van der Waals surface area contributed by atoms with Gasteiger partial charge in [0.2, 0.25) is 5.95 Å². The maximum Gasteiger partial charge on any atom is 0.315 e. The molecular formula is C9H5ClF2N4O3S. The summed E-state index contributed by atoms with van der Waals surface area (Å²) in [6.07, 6.45) is -2.66. The minimum absolute atomic E-state index is 0.0871. The second-order valence-corrected chi connectivity index (χ2v) is 5.27. The molecule has 0 atom stereocenters. The smallest absolute Gasteiger partial charge is 0.315 e. The topological polar surface area (TPSA) is 105 Å². The molecule has 11 heteroatoms. The van der Waals surface area contributed by atoms with Gasteiger partial charge in [0, 0.05) is 0 Å². The summed E-state index contributed by atoms with van der Waals surface area (Å²) in [4.78, 5) is 8.62. The van der Waals surface area contributed by atoms with Crippen LogP contribution in [0.4, 0.5) is 20.4 Å². The van der Waals surface area contributed by atoms with E-state index in [0.29, 0.717) is 0 Å². The molecule has 0 bridgehead atoms. The molecule has 1 aromatic heterocycles. The number of hydrogen-bond donors (Lipinski definition) is 2. The summed E-state index contributed by atoms with van der Waals surface area (Å²) >= 11 is 5.77. The van der Waals surface area contributed by atoms with Gasteiger partial charge < -0.3 is 5.32 Å². The summed E-state index contributed by atoms with van der Waals surface area (Å²) in [6.45, 7) is 0. The Morgan fingerprint density at radius 2 is 1.75 bits per heavy atom. The van der Waals surface area contributed by atoms with Crippen molar-refractivity contribution in [2.24, 2.45) is 0 Å². The molecule has 0 spiro atoms. The van der Waals surface area contributed by atoms with Gasteiger partial charge in [-0.2, -0.15) is 32.2 Å². The summed E-state index contributed by atoms with van der Waals surface area (Å²) in [7, 11) is -4.40. The lowest BCUT2D eigenvalue weighted by Crippen LogP contribution is -2.05. The van der Waals surface area contributed by atoms with Crippen molar-refractivity contribution < 1.29 is 21.8 Å².